The van der Waals surface area contributed by atoms with Crippen molar-refractivity contribution < 1.29 is 9.59 Å². The third-order valence-corrected chi connectivity index (χ3v) is 4.34. The van der Waals surface area contributed by atoms with E-state index in [-0.39, 0.29) is 17.5 Å². The van der Waals surface area contributed by atoms with Gasteiger partial charge in [0.25, 0.3) is 5.91 Å². The fraction of sp³-hybridized carbons (Fsp3) is 0.333. The number of piperidine rings is 1. The van der Waals surface area contributed by atoms with Crippen molar-refractivity contribution in [2.45, 2.75) is 19.3 Å². The Labute approximate surface area is 146 Å². The number of benzene rings is 1. The fourth-order valence-electron chi connectivity index (χ4n) is 2.98. The van der Waals surface area contributed by atoms with Gasteiger partial charge in [-0.15, -0.1) is 10.2 Å². The van der Waals surface area contributed by atoms with Gasteiger partial charge >= 0.3 is 0 Å². The number of amides is 2. The van der Waals surface area contributed by atoms with Crippen LogP contribution in [0.3, 0.4) is 0 Å². The van der Waals surface area contributed by atoms with Gasteiger partial charge in [0.2, 0.25) is 5.91 Å². The molecule has 1 aromatic carbocycles. The van der Waals surface area contributed by atoms with Crippen LogP contribution in [-0.2, 0) is 4.79 Å². The number of rotatable bonds is 5. The topological polar surface area (TPSA) is 101 Å². The SMILES string of the molecule is NC(=O)CC1CCN(c2ccc(C(=O)Nc3ccccc3)nn2)CC1. The molecule has 7 nitrogen and oxygen atoms in total. The van der Waals surface area contributed by atoms with Gasteiger partial charge in [-0.05, 0) is 43.0 Å². The van der Waals surface area contributed by atoms with Crippen LogP contribution in [0.1, 0.15) is 29.8 Å². The molecule has 0 spiro atoms. The van der Waals surface area contributed by atoms with Gasteiger partial charge in [0.15, 0.2) is 11.5 Å². The van der Waals surface area contributed by atoms with E-state index in [4.69, 9.17) is 5.73 Å². The van der Waals surface area contributed by atoms with E-state index < -0.39 is 0 Å². The summed E-state index contributed by atoms with van der Waals surface area (Å²) in [5, 5.41) is 11.0. The lowest BCUT2D eigenvalue weighted by Crippen LogP contribution is -2.35. The zero-order chi connectivity index (χ0) is 17.6. The van der Waals surface area contributed by atoms with Crippen molar-refractivity contribution in [2.24, 2.45) is 11.7 Å². The van der Waals surface area contributed by atoms with Gasteiger partial charge in [-0.25, -0.2) is 0 Å². The summed E-state index contributed by atoms with van der Waals surface area (Å²) in [6.45, 7) is 1.62. The first-order valence-electron chi connectivity index (χ1n) is 8.35. The largest absolute Gasteiger partial charge is 0.370 e. The Morgan fingerprint density at radius 1 is 1.08 bits per heavy atom. The predicted molar refractivity (Wildman–Crippen MR) is 95.2 cm³/mol. The van der Waals surface area contributed by atoms with Crippen LogP contribution in [0.4, 0.5) is 11.5 Å². The van der Waals surface area contributed by atoms with Crippen molar-refractivity contribution in [1.82, 2.24) is 10.2 Å². The highest BCUT2D eigenvalue weighted by Crippen LogP contribution is 2.23. The summed E-state index contributed by atoms with van der Waals surface area (Å²) in [6.07, 6.45) is 2.25. The van der Waals surface area contributed by atoms with E-state index >= 15 is 0 Å². The maximum atomic E-state index is 12.2. The first kappa shape index (κ1) is 16.9. The van der Waals surface area contributed by atoms with E-state index in [1.54, 1.807) is 12.1 Å². The van der Waals surface area contributed by atoms with E-state index in [0.29, 0.717) is 12.3 Å². The van der Waals surface area contributed by atoms with Crippen LogP contribution >= 0.6 is 0 Å². The highest BCUT2D eigenvalue weighted by molar-refractivity contribution is 6.02. The standard InChI is InChI=1S/C18H21N5O2/c19-16(24)12-13-8-10-23(11-9-13)17-7-6-15(21-22-17)18(25)20-14-4-2-1-3-5-14/h1-7,13H,8-12H2,(H2,19,24)(H,20,25). The quantitative estimate of drug-likeness (QED) is 0.865. The van der Waals surface area contributed by atoms with Crippen molar-refractivity contribution in [3.05, 3.63) is 48.2 Å². The normalized spacial score (nSPS) is 15.0. The van der Waals surface area contributed by atoms with Crippen LogP contribution < -0.4 is 16.0 Å². The number of primary amides is 1. The van der Waals surface area contributed by atoms with Gasteiger partial charge < -0.3 is 16.0 Å². The van der Waals surface area contributed by atoms with Gasteiger partial charge in [0, 0.05) is 25.2 Å². The Bertz CT molecular complexity index is 725. The smallest absolute Gasteiger partial charge is 0.276 e. The summed E-state index contributed by atoms with van der Waals surface area (Å²) in [4.78, 5) is 25.3. The van der Waals surface area contributed by atoms with Gasteiger partial charge in [0.05, 0.1) is 0 Å². The molecule has 2 amide bonds. The Morgan fingerprint density at radius 2 is 1.80 bits per heavy atom. The fourth-order valence-corrected chi connectivity index (χ4v) is 2.98. The molecule has 0 saturated carbocycles. The molecule has 2 heterocycles. The average molecular weight is 339 g/mol. The molecule has 1 saturated heterocycles. The summed E-state index contributed by atoms with van der Waals surface area (Å²) in [5.41, 5.74) is 6.25. The molecule has 0 unspecified atom stereocenters. The molecule has 3 rings (SSSR count). The van der Waals surface area contributed by atoms with E-state index in [1.165, 1.54) is 0 Å². The second-order valence-corrected chi connectivity index (χ2v) is 6.20. The Hall–Kier alpha value is -2.96. The zero-order valence-electron chi connectivity index (χ0n) is 13.9. The van der Waals surface area contributed by atoms with Crippen molar-refractivity contribution >= 4 is 23.3 Å². The van der Waals surface area contributed by atoms with Crippen molar-refractivity contribution in [3.8, 4) is 0 Å². The molecule has 0 radical (unpaired) electrons. The summed E-state index contributed by atoms with van der Waals surface area (Å²) in [7, 11) is 0. The maximum Gasteiger partial charge on any atom is 0.276 e. The van der Waals surface area contributed by atoms with Gasteiger partial charge in [-0.2, -0.15) is 0 Å². The van der Waals surface area contributed by atoms with Crippen LogP contribution in [0.5, 0.6) is 0 Å². The van der Waals surface area contributed by atoms with Gasteiger partial charge in [-0.1, -0.05) is 18.2 Å². The van der Waals surface area contributed by atoms with Crippen LogP contribution in [0.25, 0.3) is 0 Å². The monoisotopic (exact) mass is 339 g/mol. The molecule has 0 bridgehead atoms. The van der Waals surface area contributed by atoms with Gasteiger partial charge in [0.1, 0.15) is 0 Å². The van der Waals surface area contributed by atoms with E-state index in [2.05, 4.69) is 20.4 Å². The average Bonchev–Trinajstić information content (AvgIpc) is 2.63. The number of hydrogen-bond acceptors (Lipinski definition) is 5. The van der Waals surface area contributed by atoms with E-state index in [0.717, 1.165) is 37.4 Å². The summed E-state index contributed by atoms with van der Waals surface area (Å²) in [6, 6.07) is 12.7. The number of carbonyl (C=O) groups is 2. The molecule has 0 atom stereocenters. The lowest BCUT2D eigenvalue weighted by atomic mass is 9.93. The summed E-state index contributed by atoms with van der Waals surface area (Å²) < 4.78 is 0. The Morgan fingerprint density at radius 3 is 2.40 bits per heavy atom. The third-order valence-electron chi connectivity index (χ3n) is 4.34. The maximum absolute atomic E-state index is 12.2. The van der Waals surface area contributed by atoms with Crippen LogP contribution in [0.2, 0.25) is 0 Å². The number of aromatic nitrogens is 2. The molecule has 130 valence electrons. The third kappa shape index (κ3) is 4.53. The highest BCUT2D eigenvalue weighted by Gasteiger charge is 2.22. The predicted octanol–water partition coefficient (Wildman–Crippen LogP) is 1.82. The number of nitrogens with zero attached hydrogens (tertiary/aromatic N) is 3. The molecule has 7 heteroatoms. The van der Waals surface area contributed by atoms with Crippen LogP contribution in [-0.4, -0.2) is 35.1 Å². The lowest BCUT2D eigenvalue weighted by molar-refractivity contribution is -0.119. The minimum Gasteiger partial charge on any atom is -0.370 e. The number of nitrogens with one attached hydrogen (secondary N) is 1. The van der Waals surface area contributed by atoms with Crippen LogP contribution in [0, 0.1) is 5.92 Å². The molecule has 0 aliphatic carbocycles. The highest BCUT2D eigenvalue weighted by atomic mass is 16.2. The molecule has 25 heavy (non-hydrogen) atoms. The van der Waals surface area contributed by atoms with Crippen LogP contribution in [0.15, 0.2) is 42.5 Å². The molecular weight excluding hydrogens is 318 g/mol. The second kappa shape index (κ2) is 7.74. The van der Waals surface area contributed by atoms with E-state index in [1.807, 2.05) is 30.3 Å². The number of nitrogens with two attached hydrogens (primary N) is 1. The molecular formula is C18H21N5O2. The summed E-state index contributed by atoms with van der Waals surface area (Å²) in [5.74, 6) is 0.559. The zero-order valence-corrected chi connectivity index (χ0v) is 13.9. The molecule has 2 aromatic rings. The van der Waals surface area contributed by atoms with Crippen molar-refractivity contribution in [2.75, 3.05) is 23.3 Å². The number of hydrogen-bond donors (Lipinski definition) is 2. The first-order valence-corrected chi connectivity index (χ1v) is 8.35. The number of para-hydroxylation sites is 1. The minimum absolute atomic E-state index is 0.243. The lowest BCUT2D eigenvalue weighted by Gasteiger charge is -2.32. The first-order chi connectivity index (χ1) is 12.1. The molecule has 1 fully saturated rings. The summed E-state index contributed by atoms with van der Waals surface area (Å²) >= 11 is 0. The Kier molecular flexibility index (Phi) is 5.23. The van der Waals surface area contributed by atoms with Crippen molar-refractivity contribution in [1.29, 1.82) is 0 Å². The van der Waals surface area contributed by atoms with E-state index in [9.17, 15) is 9.59 Å². The number of carbonyl (C=O) groups excluding carboxylic acids is 2. The van der Waals surface area contributed by atoms with Crippen molar-refractivity contribution in [3.63, 3.8) is 0 Å². The minimum atomic E-state index is -0.287. The Balaban J connectivity index is 1.57. The number of anilines is 2. The second-order valence-electron chi connectivity index (χ2n) is 6.20. The molecule has 3 N–H and O–H groups in total. The van der Waals surface area contributed by atoms with Gasteiger partial charge in [-0.3, -0.25) is 9.59 Å². The molecule has 1 aromatic heterocycles. The molecule has 1 aliphatic rings. The molecule has 1 aliphatic heterocycles.